The number of rotatable bonds is 5. The summed E-state index contributed by atoms with van der Waals surface area (Å²) in [5.74, 6) is -1.73. The van der Waals surface area contributed by atoms with Crippen molar-refractivity contribution in [1.82, 2.24) is 0 Å². The zero-order chi connectivity index (χ0) is 20.9. The Bertz CT molecular complexity index is 957. The SMILES string of the molecule is CCOC(=O)c1sc(NC(=O)/C=C(/c2ccccc2)C(F)(F)F)c(C#N)c1C. The first-order valence-electron chi connectivity index (χ1n) is 8.04. The molecule has 0 bridgehead atoms. The number of hydrogen-bond acceptors (Lipinski definition) is 5. The van der Waals surface area contributed by atoms with Crippen LogP contribution in [0.5, 0.6) is 0 Å². The smallest absolute Gasteiger partial charge is 0.417 e. The van der Waals surface area contributed by atoms with Gasteiger partial charge in [0.25, 0.3) is 0 Å². The summed E-state index contributed by atoms with van der Waals surface area (Å²) in [5.41, 5.74) is -0.990. The Hall–Kier alpha value is -3.12. The maximum atomic E-state index is 13.3. The van der Waals surface area contributed by atoms with Crippen LogP contribution in [0.15, 0.2) is 36.4 Å². The number of anilines is 1. The van der Waals surface area contributed by atoms with Gasteiger partial charge in [0.15, 0.2) is 0 Å². The predicted molar refractivity (Wildman–Crippen MR) is 98.8 cm³/mol. The van der Waals surface area contributed by atoms with Gasteiger partial charge in [-0.15, -0.1) is 11.3 Å². The van der Waals surface area contributed by atoms with Gasteiger partial charge in [-0.2, -0.15) is 18.4 Å². The van der Waals surface area contributed by atoms with Gasteiger partial charge >= 0.3 is 12.1 Å². The molecule has 1 aromatic carbocycles. The first-order valence-corrected chi connectivity index (χ1v) is 8.86. The van der Waals surface area contributed by atoms with E-state index in [1.54, 1.807) is 13.0 Å². The van der Waals surface area contributed by atoms with Gasteiger partial charge in [0, 0.05) is 6.08 Å². The Kier molecular flexibility index (Phi) is 6.59. The Morgan fingerprint density at radius 1 is 1.29 bits per heavy atom. The lowest BCUT2D eigenvalue weighted by molar-refractivity contribution is -0.112. The van der Waals surface area contributed by atoms with E-state index in [2.05, 4.69) is 5.32 Å². The Morgan fingerprint density at radius 2 is 1.93 bits per heavy atom. The van der Waals surface area contributed by atoms with E-state index in [1.165, 1.54) is 31.2 Å². The average molecular weight is 408 g/mol. The third kappa shape index (κ3) is 4.78. The molecule has 5 nitrogen and oxygen atoms in total. The summed E-state index contributed by atoms with van der Waals surface area (Å²) in [6.45, 7) is 3.23. The molecule has 1 aromatic heterocycles. The number of benzene rings is 1. The summed E-state index contributed by atoms with van der Waals surface area (Å²) in [7, 11) is 0. The zero-order valence-corrected chi connectivity index (χ0v) is 15.7. The number of alkyl halides is 3. The van der Waals surface area contributed by atoms with Crippen molar-refractivity contribution < 1.29 is 27.5 Å². The maximum Gasteiger partial charge on any atom is 0.417 e. The molecule has 146 valence electrons. The van der Waals surface area contributed by atoms with E-state index in [0.29, 0.717) is 11.6 Å². The van der Waals surface area contributed by atoms with E-state index in [1.807, 2.05) is 6.07 Å². The van der Waals surface area contributed by atoms with Crippen LogP contribution >= 0.6 is 11.3 Å². The number of allylic oxidation sites excluding steroid dienone is 1. The number of ether oxygens (including phenoxy) is 1. The van der Waals surface area contributed by atoms with E-state index < -0.39 is 23.6 Å². The van der Waals surface area contributed by atoms with Gasteiger partial charge in [-0.1, -0.05) is 30.3 Å². The average Bonchev–Trinajstić information content (AvgIpc) is 2.95. The van der Waals surface area contributed by atoms with E-state index in [4.69, 9.17) is 4.74 Å². The first-order chi connectivity index (χ1) is 13.2. The van der Waals surface area contributed by atoms with Crippen LogP contribution < -0.4 is 5.32 Å². The number of hydrogen-bond donors (Lipinski definition) is 1. The Labute approximate surface area is 163 Å². The largest absolute Gasteiger partial charge is 0.462 e. The third-order valence-electron chi connectivity index (χ3n) is 3.62. The predicted octanol–water partition coefficient (Wildman–Crippen LogP) is 4.69. The molecule has 9 heteroatoms. The first kappa shape index (κ1) is 21.2. The van der Waals surface area contributed by atoms with Crippen LogP contribution in [-0.4, -0.2) is 24.7 Å². The number of amides is 1. The minimum Gasteiger partial charge on any atom is -0.462 e. The van der Waals surface area contributed by atoms with E-state index in [9.17, 15) is 28.0 Å². The topological polar surface area (TPSA) is 79.2 Å². The van der Waals surface area contributed by atoms with Crippen LogP contribution in [0.3, 0.4) is 0 Å². The van der Waals surface area contributed by atoms with Crippen molar-refractivity contribution in [3.05, 3.63) is 58.0 Å². The van der Waals surface area contributed by atoms with Gasteiger partial charge in [0.1, 0.15) is 15.9 Å². The molecular formula is C19H15F3N2O3S. The van der Waals surface area contributed by atoms with Crippen molar-refractivity contribution in [1.29, 1.82) is 5.26 Å². The molecule has 1 N–H and O–H groups in total. The van der Waals surface area contributed by atoms with E-state index in [0.717, 1.165) is 11.3 Å². The normalized spacial score (nSPS) is 11.6. The number of esters is 1. The van der Waals surface area contributed by atoms with Gasteiger partial charge in [0.05, 0.1) is 17.7 Å². The molecule has 0 saturated carbocycles. The lowest BCUT2D eigenvalue weighted by Crippen LogP contribution is -2.16. The summed E-state index contributed by atoms with van der Waals surface area (Å²) in [6.07, 6.45) is -4.33. The molecule has 0 aliphatic rings. The minimum atomic E-state index is -4.75. The molecule has 0 unspecified atom stereocenters. The van der Waals surface area contributed by atoms with E-state index >= 15 is 0 Å². The standard InChI is InChI=1S/C19H15F3N2O3S/c1-3-27-18(26)16-11(2)13(10-23)17(28-16)24-15(25)9-14(19(20,21)22)12-7-5-4-6-8-12/h4-9H,3H2,1-2H3,(H,24,25)/b14-9-. The summed E-state index contributed by atoms with van der Waals surface area (Å²) in [6, 6.07) is 8.73. The number of nitrogens with one attached hydrogen (secondary N) is 1. The number of nitrogens with zero attached hydrogens (tertiary/aromatic N) is 1. The fraction of sp³-hybridized carbons (Fsp3) is 0.211. The number of nitriles is 1. The highest BCUT2D eigenvalue weighted by Crippen LogP contribution is 2.35. The lowest BCUT2D eigenvalue weighted by atomic mass is 10.1. The summed E-state index contributed by atoms with van der Waals surface area (Å²) < 4.78 is 44.9. The van der Waals surface area contributed by atoms with Crippen molar-refractivity contribution in [3.63, 3.8) is 0 Å². The van der Waals surface area contributed by atoms with Gasteiger partial charge in [0.2, 0.25) is 5.91 Å². The third-order valence-corrected chi connectivity index (χ3v) is 4.81. The van der Waals surface area contributed by atoms with Gasteiger partial charge in [-0.3, -0.25) is 4.79 Å². The fourth-order valence-electron chi connectivity index (χ4n) is 2.35. The van der Waals surface area contributed by atoms with Gasteiger partial charge in [-0.05, 0) is 25.0 Å². The molecule has 0 fully saturated rings. The molecule has 0 saturated heterocycles. The van der Waals surface area contributed by atoms with Crippen molar-refractivity contribution in [3.8, 4) is 6.07 Å². The van der Waals surface area contributed by atoms with Crippen LogP contribution in [0.4, 0.5) is 18.2 Å². The number of carbonyl (C=O) groups is 2. The summed E-state index contributed by atoms with van der Waals surface area (Å²) in [4.78, 5) is 24.3. The molecule has 2 rings (SSSR count). The quantitative estimate of drug-likeness (QED) is 0.575. The lowest BCUT2D eigenvalue weighted by Gasteiger charge is -2.12. The van der Waals surface area contributed by atoms with Crippen LogP contribution in [0, 0.1) is 18.3 Å². The van der Waals surface area contributed by atoms with Crippen molar-refractivity contribution in [2.24, 2.45) is 0 Å². The van der Waals surface area contributed by atoms with Crippen LogP contribution in [0.2, 0.25) is 0 Å². The fourth-order valence-corrected chi connectivity index (χ4v) is 3.41. The molecule has 1 amide bonds. The van der Waals surface area contributed by atoms with Crippen LogP contribution in [0.1, 0.15) is 33.3 Å². The summed E-state index contributed by atoms with van der Waals surface area (Å²) in [5, 5.41) is 11.5. The molecule has 28 heavy (non-hydrogen) atoms. The molecule has 0 aliphatic heterocycles. The highest BCUT2D eigenvalue weighted by atomic mass is 32.1. The number of halogens is 3. The molecule has 0 radical (unpaired) electrons. The molecule has 0 aliphatic carbocycles. The molecule has 2 aromatic rings. The van der Waals surface area contributed by atoms with Crippen LogP contribution in [-0.2, 0) is 9.53 Å². The highest BCUT2D eigenvalue weighted by molar-refractivity contribution is 7.18. The highest BCUT2D eigenvalue weighted by Gasteiger charge is 2.35. The minimum absolute atomic E-state index is 0.00285. The Balaban J connectivity index is 2.38. The molecule has 1 heterocycles. The van der Waals surface area contributed by atoms with Gasteiger partial charge in [-0.25, -0.2) is 4.79 Å². The second-order valence-corrected chi connectivity index (χ2v) is 6.52. The van der Waals surface area contributed by atoms with Crippen molar-refractivity contribution >= 4 is 33.8 Å². The zero-order valence-electron chi connectivity index (χ0n) is 14.9. The van der Waals surface area contributed by atoms with Crippen molar-refractivity contribution in [2.75, 3.05) is 11.9 Å². The Morgan fingerprint density at radius 3 is 2.46 bits per heavy atom. The maximum absolute atomic E-state index is 13.3. The van der Waals surface area contributed by atoms with Crippen molar-refractivity contribution in [2.45, 2.75) is 20.0 Å². The summed E-state index contributed by atoms with van der Waals surface area (Å²) >= 11 is 0.778. The molecular weight excluding hydrogens is 393 g/mol. The second kappa shape index (κ2) is 8.71. The monoisotopic (exact) mass is 408 g/mol. The second-order valence-electron chi connectivity index (χ2n) is 5.50. The number of thiophene rings is 1. The molecule has 0 atom stereocenters. The molecule has 0 spiro atoms. The number of carbonyl (C=O) groups excluding carboxylic acids is 2. The van der Waals surface area contributed by atoms with Gasteiger partial charge < -0.3 is 10.1 Å². The van der Waals surface area contributed by atoms with E-state index in [-0.39, 0.29) is 27.6 Å². The van der Waals surface area contributed by atoms with Crippen LogP contribution in [0.25, 0.3) is 5.57 Å².